The molecule has 1 aromatic rings. The largest absolute Gasteiger partial charge is 0.473 e. The number of hydrogen-bond acceptors (Lipinski definition) is 4. The van der Waals surface area contributed by atoms with Crippen molar-refractivity contribution in [3.63, 3.8) is 0 Å². The quantitative estimate of drug-likeness (QED) is 0.672. The third-order valence-corrected chi connectivity index (χ3v) is 1.46. The highest BCUT2D eigenvalue weighted by molar-refractivity contribution is 5.24. The van der Waals surface area contributed by atoms with Crippen molar-refractivity contribution in [2.75, 3.05) is 5.73 Å². The first-order chi connectivity index (χ1) is 5.34. The molecule has 4 heteroatoms. The van der Waals surface area contributed by atoms with Crippen molar-refractivity contribution >= 4 is 5.82 Å². The lowest BCUT2D eigenvalue weighted by Crippen LogP contribution is -1.99. The Morgan fingerprint density at radius 3 is 2.73 bits per heavy atom. The van der Waals surface area contributed by atoms with E-state index in [1.165, 1.54) is 6.20 Å². The number of rotatable bonds is 2. The molecule has 2 N–H and O–H groups in total. The minimum absolute atomic E-state index is 0.368. The molecule has 58 valence electrons. The average molecular weight is 151 g/mol. The topological polar surface area (TPSA) is 61.0 Å². The van der Waals surface area contributed by atoms with Gasteiger partial charge in [-0.05, 0) is 12.8 Å². The second kappa shape index (κ2) is 2.38. The molecule has 0 spiro atoms. The van der Waals surface area contributed by atoms with E-state index < -0.39 is 0 Å². The molecule has 1 saturated carbocycles. The number of nitrogens with zero attached hydrogens (tertiary/aromatic N) is 2. The summed E-state index contributed by atoms with van der Waals surface area (Å²) in [5, 5.41) is 0. The number of anilines is 1. The minimum Gasteiger partial charge on any atom is -0.473 e. The predicted molar refractivity (Wildman–Crippen MR) is 40.1 cm³/mol. The van der Waals surface area contributed by atoms with Crippen LogP contribution < -0.4 is 10.5 Å². The van der Waals surface area contributed by atoms with Crippen LogP contribution in [0, 0.1) is 0 Å². The van der Waals surface area contributed by atoms with Gasteiger partial charge in [-0.25, -0.2) is 9.97 Å². The average Bonchev–Trinajstić information content (AvgIpc) is 2.78. The van der Waals surface area contributed by atoms with Crippen LogP contribution in [0.1, 0.15) is 12.8 Å². The van der Waals surface area contributed by atoms with Crippen LogP contribution in [0.2, 0.25) is 0 Å². The van der Waals surface area contributed by atoms with Crippen LogP contribution in [0.4, 0.5) is 5.82 Å². The Labute approximate surface area is 64.4 Å². The Hall–Kier alpha value is -1.32. The molecule has 0 atom stereocenters. The molecule has 0 radical (unpaired) electrons. The van der Waals surface area contributed by atoms with Gasteiger partial charge in [-0.1, -0.05) is 0 Å². The monoisotopic (exact) mass is 151 g/mol. The van der Waals surface area contributed by atoms with Crippen molar-refractivity contribution in [3.8, 4) is 5.88 Å². The summed E-state index contributed by atoms with van der Waals surface area (Å²) in [6.45, 7) is 0. The molecular formula is C7H9N3O. The first-order valence-corrected chi connectivity index (χ1v) is 3.59. The van der Waals surface area contributed by atoms with Gasteiger partial charge >= 0.3 is 0 Å². The maximum absolute atomic E-state index is 5.35. The molecule has 1 aliphatic rings. The van der Waals surface area contributed by atoms with Gasteiger partial charge in [-0.15, -0.1) is 0 Å². The first-order valence-electron chi connectivity index (χ1n) is 3.59. The molecule has 1 heterocycles. The van der Waals surface area contributed by atoms with Gasteiger partial charge in [0.05, 0.1) is 12.4 Å². The van der Waals surface area contributed by atoms with Crippen LogP contribution in [0.3, 0.4) is 0 Å². The van der Waals surface area contributed by atoms with Gasteiger partial charge in [0.25, 0.3) is 0 Å². The van der Waals surface area contributed by atoms with Crippen molar-refractivity contribution in [1.29, 1.82) is 0 Å². The van der Waals surface area contributed by atoms with Crippen molar-refractivity contribution < 1.29 is 4.74 Å². The highest BCUT2D eigenvalue weighted by Gasteiger charge is 2.23. The van der Waals surface area contributed by atoms with Crippen molar-refractivity contribution in [3.05, 3.63) is 12.4 Å². The van der Waals surface area contributed by atoms with E-state index in [2.05, 4.69) is 9.97 Å². The van der Waals surface area contributed by atoms with Gasteiger partial charge in [0.15, 0.2) is 0 Å². The van der Waals surface area contributed by atoms with Crippen molar-refractivity contribution in [2.24, 2.45) is 0 Å². The maximum atomic E-state index is 5.35. The zero-order valence-electron chi connectivity index (χ0n) is 6.03. The number of nitrogens with two attached hydrogens (primary N) is 1. The van der Waals surface area contributed by atoms with E-state index in [1.54, 1.807) is 6.20 Å². The summed E-state index contributed by atoms with van der Waals surface area (Å²) < 4.78 is 5.35. The van der Waals surface area contributed by atoms with E-state index in [1.807, 2.05) is 0 Å². The molecule has 0 aromatic carbocycles. The van der Waals surface area contributed by atoms with Crippen LogP contribution in [0.5, 0.6) is 5.88 Å². The lowest BCUT2D eigenvalue weighted by Gasteiger charge is -2.00. The lowest BCUT2D eigenvalue weighted by atomic mass is 10.6. The van der Waals surface area contributed by atoms with Crippen LogP contribution in [0.15, 0.2) is 12.4 Å². The zero-order chi connectivity index (χ0) is 7.68. The van der Waals surface area contributed by atoms with Crippen molar-refractivity contribution in [1.82, 2.24) is 9.97 Å². The fourth-order valence-electron chi connectivity index (χ4n) is 0.744. The minimum atomic E-state index is 0.368. The zero-order valence-corrected chi connectivity index (χ0v) is 6.03. The lowest BCUT2D eigenvalue weighted by molar-refractivity contribution is 0.290. The summed E-state index contributed by atoms with van der Waals surface area (Å²) in [5.41, 5.74) is 5.34. The van der Waals surface area contributed by atoms with E-state index in [9.17, 15) is 0 Å². The number of ether oxygens (including phenoxy) is 1. The summed E-state index contributed by atoms with van der Waals surface area (Å²) in [5.74, 6) is 0.995. The fraction of sp³-hybridized carbons (Fsp3) is 0.429. The van der Waals surface area contributed by atoms with E-state index in [4.69, 9.17) is 10.5 Å². The molecule has 0 bridgehead atoms. The molecule has 0 aliphatic heterocycles. The second-order valence-electron chi connectivity index (χ2n) is 2.60. The van der Waals surface area contributed by atoms with Crippen LogP contribution >= 0.6 is 0 Å². The Kier molecular flexibility index (Phi) is 1.38. The molecule has 11 heavy (non-hydrogen) atoms. The number of hydrogen-bond donors (Lipinski definition) is 1. The van der Waals surface area contributed by atoms with Gasteiger partial charge in [0.2, 0.25) is 5.88 Å². The molecule has 0 unspecified atom stereocenters. The molecule has 2 rings (SSSR count). The summed E-state index contributed by atoms with van der Waals surface area (Å²) in [4.78, 5) is 7.80. The summed E-state index contributed by atoms with van der Waals surface area (Å²) in [7, 11) is 0. The van der Waals surface area contributed by atoms with E-state index in [0.717, 1.165) is 12.8 Å². The van der Waals surface area contributed by atoms with Crippen LogP contribution in [0.25, 0.3) is 0 Å². The maximum Gasteiger partial charge on any atom is 0.232 e. The molecule has 0 amide bonds. The standard InChI is InChI=1S/C7H9N3O/c8-6-3-10-7(4-9-6)11-5-1-2-5/h3-5H,1-2H2,(H2,8,9). The molecule has 1 aromatic heterocycles. The number of nitrogen functional groups attached to an aromatic ring is 1. The van der Waals surface area contributed by atoms with Gasteiger partial charge in [-0.2, -0.15) is 0 Å². The predicted octanol–water partition coefficient (Wildman–Crippen LogP) is 0.600. The van der Waals surface area contributed by atoms with Crippen molar-refractivity contribution in [2.45, 2.75) is 18.9 Å². The molecule has 4 nitrogen and oxygen atoms in total. The molecular weight excluding hydrogens is 142 g/mol. The third kappa shape index (κ3) is 1.58. The summed E-state index contributed by atoms with van der Waals surface area (Å²) in [6, 6.07) is 0. The smallest absolute Gasteiger partial charge is 0.232 e. The Balaban J connectivity index is 2.06. The van der Waals surface area contributed by atoms with E-state index in [-0.39, 0.29) is 0 Å². The summed E-state index contributed by atoms with van der Waals surface area (Å²) in [6.07, 6.45) is 5.68. The highest BCUT2D eigenvalue weighted by atomic mass is 16.5. The van der Waals surface area contributed by atoms with Gasteiger partial charge < -0.3 is 10.5 Å². The Bertz CT molecular complexity index is 242. The van der Waals surface area contributed by atoms with Gasteiger partial charge in [0.1, 0.15) is 11.9 Å². The Morgan fingerprint density at radius 2 is 2.18 bits per heavy atom. The Morgan fingerprint density at radius 1 is 1.36 bits per heavy atom. The second-order valence-corrected chi connectivity index (χ2v) is 2.60. The van der Waals surface area contributed by atoms with E-state index >= 15 is 0 Å². The van der Waals surface area contributed by atoms with E-state index in [0.29, 0.717) is 17.8 Å². The molecule has 1 aliphatic carbocycles. The number of aromatic nitrogens is 2. The first kappa shape index (κ1) is 6.39. The van der Waals surface area contributed by atoms with Gasteiger partial charge in [-0.3, -0.25) is 0 Å². The normalized spacial score (nSPS) is 16.4. The fourth-order valence-corrected chi connectivity index (χ4v) is 0.744. The SMILES string of the molecule is Nc1cnc(OC2CC2)cn1. The summed E-state index contributed by atoms with van der Waals surface area (Å²) >= 11 is 0. The highest BCUT2D eigenvalue weighted by Crippen LogP contribution is 2.24. The van der Waals surface area contributed by atoms with Crippen LogP contribution in [-0.4, -0.2) is 16.1 Å². The van der Waals surface area contributed by atoms with Gasteiger partial charge in [0, 0.05) is 0 Å². The van der Waals surface area contributed by atoms with Crippen LogP contribution in [-0.2, 0) is 0 Å². The third-order valence-electron chi connectivity index (χ3n) is 1.46. The molecule has 0 saturated heterocycles. The molecule has 1 fully saturated rings.